The molecule has 128 valence electrons. The fraction of sp³-hybridized carbons (Fsp3) is 0.238. The maximum atomic E-state index is 13.0. The maximum absolute atomic E-state index is 13.0. The molecule has 3 heterocycles. The number of ketones is 1. The number of carbonyl (C=O) groups excluding carboxylic acids is 2. The van der Waals surface area contributed by atoms with Crippen LogP contribution in [0.4, 0.5) is 0 Å². The molecule has 0 fully saturated rings. The minimum Gasteiger partial charge on any atom is -0.356 e. The number of hydrogen-bond donors (Lipinski definition) is 2. The van der Waals surface area contributed by atoms with Crippen LogP contribution in [0.25, 0.3) is 16.5 Å². The third-order valence-electron chi connectivity index (χ3n) is 6.07. The lowest BCUT2D eigenvalue weighted by atomic mass is 9.80. The summed E-state index contributed by atoms with van der Waals surface area (Å²) in [6, 6.07) is 7.77. The van der Waals surface area contributed by atoms with Gasteiger partial charge in [0.1, 0.15) is 0 Å². The lowest BCUT2D eigenvalue weighted by molar-refractivity contribution is -0.124. The zero-order valence-corrected chi connectivity index (χ0v) is 14.3. The molecule has 26 heavy (non-hydrogen) atoms. The molecule has 0 bridgehead atoms. The molecule has 2 aromatic rings. The van der Waals surface area contributed by atoms with E-state index in [1.54, 1.807) is 11.0 Å². The molecule has 0 radical (unpaired) electrons. The zero-order valence-electron chi connectivity index (χ0n) is 14.3. The molecule has 2 N–H and O–H groups in total. The minimum absolute atomic E-state index is 0.0629. The molecule has 1 aromatic heterocycles. The number of likely N-dealkylation sites (N-methyl/N-ethyl adjacent to an activating group) is 1. The first kappa shape index (κ1) is 14.3. The first-order valence-electron chi connectivity index (χ1n) is 8.94. The van der Waals surface area contributed by atoms with Gasteiger partial charge >= 0.3 is 0 Å². The van der Waals surface area contributed by atoms with Crippen LogP contribution < -0.4 is 5.32 Å². The van der Waals surface area contributed by atoms with Gasteiger partial charge in [0.2, 0.25) is 0 Å². The molecule has 2 unspecified atom stereocenters. The number of nitrogens with one attached hydrogen (secondary N) is 2. The van der Waals surface area contributed by atoms with Crippen molar-refractivity contribution in [2.45, 2.75) is 18.5 Å². The van der Waals surface area contributed by atoms with Gasteiger partial charge in [-0.25, -0.2) is 0 Å². The van der Waals surface area contributed by atoms with Crippen LogP contribution in [0.5, 0.6) is 0 Å². The van der Waals surface area contributed by atoms with E-state index in [4.69, 9.17) is 0 Å². The van der Waals surface area contributed by atoms with E-state index in [1.807, 2.05) is 25.3 Å². The molecule has 2 atom stereocenters. The molecular weight excluding hydrogens is 326 g/mol. The summed E-state index contributed by atoms with van der Waals surface area (Å²) in [7, 11) is 1.85. The van der Waals surface area contributed by atoms with Gasteiger partial charge in [-0.05, 0) is 35.3 Å². The summed E-state index contributed by atoms with van der Waals surface area (Å²) in [5.74, 6) is 0.139. The summed E-state index contributed by atoms with van der Waals surface area (Å²) >= 11 is 0. The minimum atomic E-state index is -0.315. The number of allylic oxidation sites excluding steroid dienone is 1. The van der Waals surface area contributed by atoms with Crippen molar-refractivity contribution in [2.75, 3.05) is 13.6 Å². The summed E-state index contributed by atoms with van der Waals surface area (Å²) in [5, 5.41) is 4.64. The average molecular weight is 343 g/mol. The number of carbonyl (C=O) groups is 2. The molecule has 5 nitrogen and oxygen atoms in total. The molecule has 5 heteroatoms. The Bertz CT molecular complexity index is 1130. The predicted molar refractivity (Wildman–Crippen MR) is 98.3 cm³/mol. The molecular formula is C21H17N3O2. The predicted octanol–water partition coefficient (Wildman–Crippen LogP) is 2.25. The summed E-state index contributed by atoms with van der Waals surface area (Å²) in [4.78, 5) is 30.8. The molecule has 0 saturated carbocycles. The van der Waals surface area contributed by atoms with Crippen molar-refractivity contribution in [1.29, 1.82) is 0 Å². The Labute approximate surface area is 150 Å². The van der Waals surface area contributed by atoms with E-state index in [0.29, 0.717) is 6.54 Å². The topological polar surface area (TPSA) is 65.2 Å². The Balaban J connectivity index is 1.71. The van der Waals surface area contributed by atoms with Crippen molar-refractivity contribution in [2.24, 2.45) is 0 Å². The van der Waals surface area contributed by atoms with Gasteiger partial charge in [-0.1, -0.05) is 24.3 Å². The number of amides is 1. The van der Waals surface area contributed by atoms with Crippen molar-refractivity contribution < 1.29 is 9.59 Å². The normalized spacial score (nSPS) is 26.6. The standard InChI is InChI=1S/C21H17N3O2/c1-24-9-12-15-10-5-2-3-7-13(10)22-19(15)20-16(17(12)21(24)26)11-6-4-8-14(25)18(11)23-20/h2-5,7-8,18,20,22-23H,6,9H2,1H3. The summed E-state index contributed by atoms with van der Waals surface area (Å²) in [5.41, 5.74) is 7.26. The van der Waals surface area contributed by atoms with Crippen LogP contribution in [0.1, 0.15) is 23.7 Å². The summed E-state index contributed by atoms with van der Waals surface area (Å²) in [6.07, 6.45) is 4.29. The number of aromatic nitrogens is 1. The molecule has 4 aliphatic rings. The number of fused-ring (bicyclic) bond motifs is 8. The van der Waals surface area contributed by atoms with Gasteiger partial charge in [0, 0.05) is 35.8 Å². The van der Waals surface area contributed by atoms with E-state index < -0.39 is 0 Å². The van der Waals surface area contributed by atoms with Crippen LogP contribution in [-0.4, -0.2) is 41.2 Å². The van der Waals surface area contributed by atoms with Crippen LogP contribution in [-0.2, 0) is 9.59 Å². The first-order valence-corrected chi connectivity index (χ1v) is 8.94. The van der Waals surface area contributed by atoms with Crippen LogP contribution in [0, 0.1) is 0 Å². The Kier molecular flexibility index (Phi) is 2.54. The largest absolute Gasteiger partial charge is 0.356 e. The molecule has 0 saturated heterocycles. The number of para-hydroxylation sites is 1. The molecule has 2 aliphatic heterocycles. The highest BCUT2D eigenvalue weighted by atomic mass is 16.2. The maximum Gasteiger partial charge on any atom is 0.254 e. The van der Waals surface area contributed by atoms with Gasteiger partial charge in [-0.15, -0.1) is 0 Å². The van der Waals surface area contributed by atoms with E-state index >= 15 is 0 Å². The lowest BCUT2D eigenvalue weighted by Gasteiger charge is -2.23. The van der Waals surface area contributed by atoms with Crippen molar-refractivity contribution in [3.63, 3.8) is 0 Å². The van der Waals surface area contributed by atoms with Gasteiger partial charge in [0.05, 0.1) is 17.7 Å². The monoisotopic (exact) mass is 343 g/mol. The van der Waals surface area contributed by atoms with E-state index in [2.05, 4.69) is 22.4 Å². The van der Waals surface area contributed by atoms with Crippen molar-refractivity contribution in [3.05, 3.63) is 64.4 Å². The highest BCUT2D eigenvalue weighted by Gasteiger charge is 2.48. The molecule has 6 rings (SSSR count). The second kappa shape index (κ2) is 4.62. The number of benzene rings is 1. The summed E-state index contributed by atoms with van der Waals surface area (Å²) in [6.45, 7) is 0.612. The SMILES string of the molecule is CN1CC2=C(C1=O)C1=C3CC=CC(=O)C3NC1c1[nH]c3ccccc3c12. The van der Waals surface area contributed by atoms with E-state index in [9.17, 15) is 9.59 Å². The van der Waals surface area contributed by atoms with Crippen LogP contribution in [0.15, 0.2) is 53.1 Å². The van der Waals surface area contributed by atoms with Gasteiger partial charge in [0.15, 0.2) is 5.78 Å². The number of hydrogen-bond acceptors (Lipinski definition) is 3. The van der Waals surface area contributed by atoms with Gasteiger partial charge in [-0.3, -0.25) is 14.9 Å². The highest BCUT2D eigenvalue weighted by molar-refractivity contribution is 6.15. The third-order valence-corrected chi connectivity index (χ3v) is 6.07. The van der Waals surface area contributed by atoms with Gasteiger partial charge in [-0.2, -0.15) is 0 Å². The fourth-order valence-electron chi connectivity index (χ4n) is 5.00. The Morgan fingerprint density at radius 3 is 2.88 bits per heavy atom. The second-order valence-corrected chi connectivity index (χ2v) is 7.45. The number of rotatable bonds is 0. The molecule has 1 amide bonds. The fourth-order valence-corrected chi connectivity index (χ4v) is 5.00. The third kappa shape index (κ3) is 1.55. The second-order valence-electron chi connectivity index (χ2n) is 7.45. The van der Waals surface area contributed by atoms with E-state index in [-0.39, 0.29) is 23.8 Å². The Hall–Kier alpha value is -2.92. The van der Waals surface area contributed by atoms with Gasteiger partial charge < -0.3 is 9.88 Å². The van der Waals surface area contributed by atoms with Crippen LogP contribution in [0.3, 0.4) is 0 Å². The Morgan fingerprint density at radius 2 is 2.00 bits per heavy atom. The van der Waals surface area contributed by atoms with E-state index in [1.165, 1.54) is 0 Å². The van der Waals surface area contributed by atoms with Crippen molar-refractivity contribution in [1.82, 2.24) is 15.2 Å². The molecule has 2 aliphatic carbocycles. The molecule has 0 spiro atoms. The molecule has 1 aromatic carbocycles. The van der Waals surface area contributed by atoms with Crippen molar-refractivity contribution >= 4 is 28.2 Å². The van der Waals surface area contributed by atoms with E-state index in [0.717, 1.165) is 50.9 Å². The Morgan fingerprint density at radius 1 is 1.15 bits per heavy atom. The van der Waals surface area contributed by atoms with Gasteiger partial charge in [0.25, 0.3) is 5.91 Å². The number of nitrogens with zero attached hydrogens (tertiary/aromatic N) is 1. The average Bonchev–Trinajstić information content (AvgIpc) is 3.28. The highest BCUT2D eigenvalue weighted by Crippen LogP contribution is 2.51. The smallest absolute Gasteiger partial charge is 0.254 e. The van der Waals surface area contributed by atoms with Crippen molar-refractivity contribution in [3.8, 4) is 0 Å². The first-order chi connectivity index (χ1) is 12.6. The summed E-state index contributed by atoms with van der Waals surface area (Å²) < 4.78 is 0. The number of H-pyrrole nitrogens is 1. The van der Waals surface area contributed by atoms with Crippen LogP contribution in [0.2, 0.25) is 0 Å². The lowest BCUT2D eigenvalue weighted by Crippen LogP contribution is -2.36. The van der Waals surface area contributed by atoms with Crippen LogP contribution >= 0.6 is 0 Å². The number of aromatic amines is 1. The quantitative estimate of drug-likeness (QED) is 0.771. The zero-order chi connectivity index (χ0) is 17.6.